The molecule has 1 saturated carbocycles. The van der Waals surface area contributed by atoms with E-state index in [2.05, 4.69) is 4.72 Å². The predicted octanol–water partition coefficient (Wildman–Crippen LogP) is -0.202. The summed E-state index contributed by atoms with van der Waals surface area (Å²) in [6.45, 7) is 1.70. The molecule has 0 radical (unpaired) electrons. The summed E-state index contributed by atoms with van der Waals surface area (Å²) < 4.78 is 28.2. The van der Waals surface area contributed by atoms with Gasteiger partial charge in [0.1, 0.15) is 0 Å². The van der Waals surface area contributed by atoms with Gasteiger partial charge in [0.25, 0.3) is 10.2 Å². The van der Waals surface area contributed by atoms with Gasteiger partial charge >= 0.3 is 0 Å². The zero-order valence-electron chi connectivity index (χ0n) is 8.91. The van der Waals surface area contributed by atoms with Gasteiger partial charge in [-0.15, -0.1) is 0 Å². The molecule has 15 heavy (non-hydrogen) atoms. The highest BCUT2D eigenvalue weighted by Crippen LogP contribution is 2.32. The molecule has 6 heteroatoms. The molecule has 0 unspecified atom stereocenters. The molecule has 1 heterocycles. The van der Waals surface area contributed by atoms with E-state index in [9.17, 15) is 8.42 Å². The van der Waals surface area contributed by atoms with Gasteiger partial charge in [0, 0.05) is 25.2 Å². The zero-order chi connectivity index (χ0) is 10.9. The first-order valence-electron chi connectivity index (χ1n) is 5.57. The second-order valence-electron chi connectivity index (χ2n) is 4.55. The van der Waals surface area contributed by atoms with Gasteiger partial charge in [-0.2, -0.15) is 17.4 Å². The van der Waals surface area contributed by atoms with E-state index in [1.54, 1.807) is 0 Å². The Morgan fingerprint density at radius 1 is 1.20 bits per heavy atom. The molecule has 0 aromatic rings. The molecule has 2 rings (SSSR count). The van der Waals surface area contributed by atoms with Crippen LogP contribution >= 0.6 is 0 Å². The normalized spacial score (nSPS) is 26.5. The van der Waals surface area contributed by atoms with E-state index in [-0.39, 0.29) is 5.54 Å². The molecule has 88 valence electrons. The molecule has 0 aromatic heterocycles. The molecule has 1 saturated heterocycles. The molecule has 2 fully saturated rings. The lowest BCUT2D eigenvalue weighted by atomic mass is 9.78. The van der Waals surface area contributed by atoms with Crippen molar-refractivity contribution in [2.24, 2.45) is 5.73 Å². The van der Waals surface area contributed by atoms with E-state index < -0.39 is 10.2 Å². The zero-order valence-corrected chi connectivity index (χ0v) is 9.72. The molecule has 0 atom stereocenters. The lowest BCUT2D eigenvalue weighted by Crippen LogP contribution is -2.60. The molecule has 0 aromatic carbocycles. The number of nitrogens with two attached hydrogens (primary N) is 1. The highest BCUT2D eigenvalue weighted by atomic mass is 32.2. The van der Waals surface area contributed by atoms with Crippen molar-refractivity contribution in [3.63, 3.8) is 0 Å². The lowest BCUT2D eigenvalue weighted by molar-refractivity contribution is 0.225. The summed E-state index contributed by atoms with van der Waals surface area (Å²) in [5.41, 5.74) is 5.28. The van der Waals surface area contributed by atoms with E-state index in [1.807, 2.05) is 0 Å². The molecule has 5 nitrogen and oxygen atoms in total. The SMILES string of the molecule is NCC1(NS(=O)(=O)N2CCCC2)CCC1. The lowest BCUT2D eigenvalue weighted by Gasteiger charge is -2.41. The topological polar surface area (TPSA) is 75.4 Å². The van der Waals surface area contributed by atoms with Crippen LogP contribution in [0.5, 0.6) is 0 Å². The van der Waals surface area contributed by atoms with Gasteiger partial charge in [-0.05, 0) is 32.1 Å². The van der Waals surface area contributed by atoms with Crippen LogP contribution in [-0.2, 0) is 10.2 Å². The van der Waals surface area contributed by atoms with Crippen molar-refractivity contribution in [3.8, 4) is 0 Å². The minimum Gasteiger partial charge on any atom is -0.329 e. The molecule has 2 aliphatic rings. The molecule has 1 aliphatic heterocycles. The average Bonchev–Trinajstić information content (AvgIpc) is 2.64. The van der Waals surface area contributed by atoms with Crippen LogP contribution in [0.3, 0.4) is 0 Å². The maximum atomic E-state index is 12.0. The Hall–Kier alpha value is -0.170. The monoisotopic (exact) mass is 233 g/mol. The fraction of sp³-hybridized carbons (Fsp3) is 1.00. The number of nitrogens with one attached hydrogen (secondary N) is 1. The van der Waals surface area contributed by atoms with Gasteiger partial charge in [-0.1, -0.05) is 0 Å². The van der Waals surface area contributed by atoms with Crippen LogP contribution in [-0.4, -0.2) is 37.9 Å². The van der Waals surface area contributed by atoms with Crippen molar-refractivity contribution < 1.29 is 8.42 Å². The Morgan fingerprint density at radius 3 is 2.20 bits per heavy atom. The molecule has 1 aliphatic carbocycles. The van der Waals surface area contributed by atoms with Gasteiger partial charge in [-0.3, -0.25) is 0 Å². The maximum Gasteiger partial charge on any atom is 0.279 e. The first-order valence-corrected chi connectivity index (χ1v) is 7.01. The quantitative estimate of drug-likeness (QED) is 0.706. The van der Waals surface area contributed by atoms with E-state index in [1.165, 1.54) is 4.31 Å². The van der Waals surface area contributed by atoms with Crippen molar-refractivity contribution in [2.45, 2.75) is 37.6 Å². The molecular weight excluding hydrogens is 214 g/mol. The number of hydrogen-bond acceptors (Lipinski definition) is 3. The van der Waals surface area contributed by atoms with Gasteiger partial charge in [0.2, 0.25) is 0 Å². The van der Waals surface area contributed by atoms with Crippen LogP contribution in [0.25, 0.3) is 0 Å². The van der Waals surface area contributed by atoms with E-state index >= 15 is 0 Å². The van der Waals surface area contributed by atoms with Crippen molar-refractivity contribution in [3.05, 3.63) is 0 Å². The van der Waals surface area contributed by atoms with E-state index in [0.29, 0.717) is 19.6 Å². The van der Waals surface area contributed by atoms with Crippen LogP contribution in [0.15, 0.2) is 0 Å². The van der Waals surface area contributed by atoms with E-state index in [0.717, 1.165) is 32.1 Å². The molecule has 0 amide bonds. The summed E-state index contributed by atoms with van der Waals surface area (Å²) in [5.74, 6) is 0. The van der Waals surface area contributed by atoms with Crippen LogP contribution in [0, 0.1) is 0 Å². The summed E-state index contributed by atoms with van der Waals surface area (Å²) in [5, 5.41) is 0. The number of hydrogen-bond donors (Lipinski definition) is 2. The third-order valence-corrected chi connectivity index (χ3v) is 5.19. The summed E-state index contributed by atoms with van der Waals surface area (Å²) >= 11 is 0. The van der Waals surface area contributed by atoms with Crippen LogP contribution in [0.2, 0.25) is 0 Å². The Balaban J connectivity index is 2.03. The summed E-state index contributed by atoms with van der Waals surface area (Å²) in [7, 11) is -3.29. The second-order valence-corrected chi connectivity index (χ2v) is 6.22. The van der Waals surface area contributed by atoms with Crippen molar-refractivity contribution in [1.29, 1.82) is 0 Å². The predicted molar refractivity (Wildman–Crippen MR) is 58.5 cm³/mol. The first kappa shape index (κ1) is 11.3. The minimum absolute atomic E-state index is 0.346. The van der Waals surface area contributed by atoms with Gasteiger partial charge < -0.3 is 5.73 Å². The fourth-order valence-electron chi connectivity index (χ4n) is 2.22. The Labute approximate surface area is 91.2 Å². The van der Waals surface area contributed by atoms with Crippen molar-refractivity contribution in [2.75, 3.05) is 19.6 Å². The molecular formula is C9H19N3O2S. The summed E-state index contributed by atoms with van der Waals surface area (Å²) in [4.78, 5) is 0. The maximum absolute atomic E-state index is 12.0. The van der Waals surface area contributed by atoms with Crippen LogP contribution in [0.1, 0.15) is 32.1 Å². The van der Waals surface area contributed by atoms with Crippen molar-refractivity contribution in [1.82, 2.24) is 9.03 Å². The standard InChI is InChI=1S/C9H19N3O2S/c10-8-9(4-3-5-9)11-15(13,14)12-6-1-2-7-12/h11H,1-8,10H2. The highest BCUT2D eigenvalue weighted by molar-refractivity contribution is 7.87. The Bertz CT molecular complexity index is 313. The van der Waals surface area contributed by atoms with E-state index in [4.69, 9.17) is 5.73 Å². The molecule has 0 bridgehead atoms. The minimum atomic E-state index is -3.29. The largest absolute Gasteiger partial charge is 0.329 e. The fourth-order valence-corrected chi connectivity index (χ4v) is 3.92. The molecule has 3 N–H and O–H groups in total. The van der Waals surface area contributed by atoms with Gasteiger partial charge in [-0.25, -0.2) is 0 Å². The number of rotatable bonds is 4. The smallest absolute Gasteiger partial charge is 0.279 e. The number of nitrogens with zero attached hydrogens (tertiary/aromatic N) is 1. The van der Waals surface area contributed by atoms with Crippen LogP contribution in [0.4, 0.5) is 0 Å². The third kappa shape index (κ3) is 2.18. The van der Waals surface area contributed by atoms with Crippen molar-refractivity contribution >= 4 is 10.2 Å². The summed E-state index contributed by atoms with van der Waals surface area (Å²) in [6, 6.07) is 0. The van der Waals surface area contributed by atoms with Gasteiger partial charge in [0.15, 0.2) is 0 Å². The molecule has 0 spiro atoms. The first-order chi connectivity index (χ1) is 7.08. The van der Waals surface area contributed by atoms with Gasteiger partial charge in [0.05, 0.1) is 0 Å². The third-order valence-electron chi connectivity index (χ3n) is 3.45. The van der Waals surface area contributed by atoms with Crippen LogP contribution < -0.4 is 10.5 Å². The Kier molecular flexibility index (Phi) is 3.03. The Morgan fingerprint density at radius 2 is 1.80 bits per heavy atom. The second kappa shape index (κ2) is 4.01. The summed E-state index contributed by atoms with van der Waals surface area (Å²) in [6.07, 6.45) is 4.75. The highest BCUT2D eigenvalue weighted by Gasteiger charge is 2.41. The average molecular weight is 233 g/mol.